The molecule has 1 aliphatic rings. The molecule has 21 heavy (non-hydrogen) atoms. The van der Waals surface area contributed by atoms with Crippen LogP contribution in [-0.2, 0) is 0 Å². The normalized spacial score (nSPS) is 24.4. The molecule has 1 aliphatic heterocycles. The molecule has 0 amide bonds. The van der Waals surface area contributed by atoms with Crippen molar-refractivity contribution in [1.82, 2.24) is 5.32 Å². The maximum absolute atomic E-state index is 13.7. The number of rotatable bonds is 4. The molecule has 1 aromatic rings. The molecule has 0 aliphatic carbocycles. The van der Waals surface area contributed by atoms with Gasteiger partial charge in [0.05, 0.1) is 0 Å². The van der Waals surface area contributed by atoms with Crippen molar-refractivity contribution in [2.45, 2.75) is 46.2 Å². The van der Waals surface area contributed by atoms with E-state index in [2.05, 4.69) is 37.9 Å². The molecule has 1 saturated heterocycles. The first-order valence-electron chi connectivity index (χ1n) is 7.88. The van der Waals surface area contributed by atoms with Crippen LogP contribution in [0, 0.1) is 17.7 Å². The van der Waals surface area contributed by atoms with Gasteiger partial charge >= 0.3 is 0 Å². The summed E-state index contributed by atoms with van der Waals surface area (Å²) in [7, 11) is 0. The Balaban J connectivity index is 2.29. The smallest absolute Gasteiger partial charge is 0.126 e. The minimum absolute atomic E-state index is 0.265. The Morgan fingerprint density at radius 1 is 1.33 bits per heavy atom. The first-order valence-corrected chi connectivity index (χ1v) is 8.26. The Labute approximate surface area is 132 Å². The van der Waals surface area contributed by atoms with Gasteiger partial charge in [-0.15, -0.1) is 0 Å². The highest BCUT2D eigenvalue weighted by atomic mass is 35.5. The molecule has 3 atom stereocenters. The van der Waals surface area contributed by atoms with Crippen LogP contribution >= 0.6 is 11.6 Å². The summed E-state index contributed by atoms with van der Waals surface area (Å²) in [6.45, 7) is 10.7. The van der Waals surface area contributed by atoms with Gasteiger partial charge in [0, 0.05) is 35.9 Å². The average Bonchev–Trinajstić information content (AvgIpc) is 2.44. The van der Waals surface area contributed by atoms with E-state index in [1.165, 1.54) is 6.07 Å². The molecular weight excluding hydrogens is 287 g/mol. The fraction of sp³-hybridized carbons (Fsp3) is 0.647. The molecule has 1 aromatic carbocycles. The molecule has 4 heteroatoms. The third kappa shape index (κ3) is 3.89. The summed E-state index contributed by atoms with van der Waals surface area (Å²) >= 11 is 6.04. The quantitative estimate of drug-likeness (QED) is 0.890. The van der Waals surface area contributed by atoms with Crippen molar-refractivity contribution >= 4 is 17.3 Å². The van der Waals surface area contributed by atoms with E-state index in [0.717, 1.165) is 25.2 Å². The highest BCUT2D eigenvalue weighted by molar-refractivity contribution is 6.30. The molecular formula is C17H26ClFN2. The van der Waals surface area contributed by atoms with E-state index in [9.17, 15) is 4.39 Å². The zero-order valence-corrected chi connectivity index (χ0v) is 14.1. The molecule has 1 fully saturated rings. The number of hydrogen-bond donors (Lipinski definition) is 1. The van der Waals surface area contributed by atoms with Crippen molar-refractivity contribution in [3.05, 3.63) is 29.0 Å². The highest BCUT2D eigenvalue weighted by Crippen LogP contribution is 2.29. The molecule has 2 rings (SSSR count). The van der Waals surface area contributed by atoms with Crippen molar-refractivity contribution in [3.63, 3.8) is 0 Å². The summed E-state index contributed by atoms with van der Waals surface area (Å²) in [6, 6.07) is 5.64. The Hall–Kier alpha value is -0.800. The fourth-order valence-electron chi connectivity index (χ4n) is 3.06. The predicted molar refractivity (Wildman–Crippen MR) is 88.6 cm³/mol. The first kappa shape index (κ1) is 16.6. The van der Waals surface area contributed by atoms with E-state index in [1.54, 1.807) is 6.07 Å². The third-order valence-corrected chi connectivity index (χ3v) is 4.88. The number of nitrogens with zero attached hydrogens (tertiary/aromatic N) is 1. The van der Waals surface area contributed by atoms with Crippen molar-refractivity contribution in [2.24, 2.45) is 11.8 Å². The average molecular weight is 313 g/mol. The molecule has 118 valence electrons. The van der Waals surface area contributed by atoms with Crippen LogP contribution in [0.5, 0.6) is 0 Å². The summed E-state index contributed by atoms with van der Waals surface area (Å²) in [5, 5.41) is 4.13. The Bertz CT molecular complexity index is 458. The molecule has 0 saturated carbocycles. The first-order chi connectivity index (χ1) is 9.92. The Morgan fingerprint density at radius 2 is 2.05 bits per heavy atom. The Morgan fingerprint density at radius 3 is 2.62 bits per heavy atom. The van der Waals surface area contributed by atoms with Gasteiger partial charge in [0.2, 0.25) is 0 Å². The number of nitrogens with one attached hydrogen (secondary N) is 1. The lowest BCUT2D eigenvalue weighted by molar-refractivity contribution is 0.281. The largest absolute Gasteiger partial charge is 0.365 e. The fourth-order valence-corrected chi connectivity index (χ4v) is 3.27. The van der Waals surface area contributed by atoms with Crippen LogP contribution in [0.4, 0.5) is 10.1 Å². The minimum Gasteiger partial charge on any atom is -0.365 e. The second-order valence-corrected chi connectivity index (χ2v) is 6.93. The van der Waals surface area contributed by atoms with Gasteiger partial charge in [0.15, 0.2) is 0 Å². The van der Waals surface area contributed by atoms with Gasteiger partial charge in [-0.1, -0.05) is 45.7 Å². The van der Waals surface area contributed by atoms with Crippen LogP contribution in [0.25, 0.3) is 0 Å². The second kappa shape index (κ2) is 6.97. The predicted octanol–water partition coefficient (Wildman–Crippen LogP) is 4.33. The number of benzene rings is 1. The van der Waals surface area contributed by atoms with Crippen molar-refractivity contribution < 1.29 is 4.39 Å². The van der Waals surface area contributed by atoms with Crippen LogP contribution in [0.3, 0.4) is 0 Å². The summed E-state index contributed by atoms with van der Waals surface area (Å²) in [5.41, 5.74) is 0.897. The monoisotopic (exact) mass is 312 g/mol. The van der Waals surface area contributed by atoms with Crippen LogP contribution in [0.2, 0.25) is 5.02 Å². The SMILES string of the molecule is CCC(C)C1CN(c2cc(F)cc(Cl)c2)C(C(C)C)CN1. The van der Waals surface area contributed by atoms with Gasteiger partial charge in [0.1, 0.15) is 5.82 Å². The van der Waals surface area contributed by atoms with Gasteiger partial charge in [-0.3, -0.25) is 0 Å². The number of anilines is 1. The maximum atomic E-state index is 13.7. The lowest BCUT2D eigenvalue weighted by Crippen LogP contribution is -2.60. The van der Waals surface area contributed by atoms with Gasteiger partial charge in [-0.05, 0) is 30.0 Å². The van der Waals surface area contributed by atoms with E-state index < -0.39 is 0 Å². The lowest BCUT2D eigenvalue weighted by Gasteiger charge is -2.45. The van der Waals surface area contributed by atoms with Crippen LogP contribution in [0.15, 0.2) is 18.2 Å². The molecule has 0 spiro atoms. The number of hydrogen-bond acceptors (Lipinski definition) is 2. The maximum Gasteiger partial charge on any atom is 0.126 e. The second-order valence-electron chi connectivity index (χ2n) is 6.49. The van der Waals surface area contributed by atoms with E-state index in [0.29, 0.717) is 28.9 Å². The molecule has 0 aromatic heterocycles. The zero-order valence-electron chi connectivity index (χ0n) is 13.4. The van der Waals surface area contributed by atoms with Gasteiger partial charge in [-0.25, -0.2) is 4.39 Å². The van der Waals surface area contributed by atoms with Crippen molar-refractivity contribution in [1.29, 1.82) is 0 Å². The van der Waals surface area contributed by atoms with Gasteiger partial charge in [0.25, 0.3) is 0 Å². The van der Waals surface area contributed by atoms with E-state index >= 15 is 0 Å². The van der Waals surface area contributed by atoms with E-state index in [4.69, 9.17) is 11.6 Å². The summed E-state index contributed by atoms with van der Waals surface area (Å²) in [5.74, 6) is 0.834. The topological polar surface area (TPSA) is 15.3 Å². The highest BCUT2D eigenvalue weighted by Gasteiger charge is 2.32. The van der Waals surface area contributed by atoms with Crippen LogP contribution < -0.4 is 10.2 Å². The van der Waals surface area contributed by atoms with E-state index in [1.807, 2.05) is 6.07 Å². The minimum atomic E-state index is -0.265. The van der Waals surface area contributed by atoms with Crippen LogP contribution in [0.1, 0.15) is 34.1 Å². The lowest BCUT2D eigenvalue weighted by atomic mass is 9.91. The molecule has 2 nitrogen and oxygen atoms in total. The van der Waals surface area contributed by atoms with Gasteiger partial charge in [-0.2, -0.15) is 0 Å². The molecule has 0 radical (unpaired) electrons. The summed E-state index contributed by atoms with van der Waals surface area (Å²) < 4.78 is 13.7. The van der Waals surface area contributed by atoms with Crippen molar-refractivity contribution in [2.75, 3.05) is 18.0 Å². The van der Waals surface area contributed by atoms with Gasteiger partial charge < -0.3 is 10.2 Å². The third-order valence-electron chi connectivity index (χ3n) is 4.66. The zero-order chi connectivity index (χ0) is 15.6. The standard InChI is InChI=1S/C17H26ClFN2/c1-5-12(4)16-10-21(17(9-20-16)11(2)3)15-7-13(18)6-14(19)8-15/h6-8,11-12,16-17,20H,5,9-10H2,1-4H3. The Kier molecular flexibility index (Phi) is 5.50. The number of halogens is 2. The van der Waals surface area contributed by atoms with E-state index in [-0.39, 0.29) is 5.82 Å². The van der Waals surface area contributed by atoms with Crippen LogP contribution in [-0.4, -0.2) is 25.2 Å². The molecule has 3 unspecified atom stereocenters. The summed E-state index contributed by atoms with van der Waals surface area (Å²) in [4.78, 5) is 2.33. The molecule has 1 N–H and O–H groups in total. The summed E-state index contributed by atoms with van der Waals surface area (Å²) in [6.07, 6.45) is 1.14. The molecule has 0 bridgehead atoms. The number of piperazine rings is 1. The van der Waals surface area contributed by atoms with Crippen molar-refractivity contribution in [3.8, 4) is 0 Å². The molecule has 1 heterocycles.